The summed E-state index contributed by atoms with van der Waals surface area (Å²) >= 11 is 0. The largest absolute Gasteiger partial charge is 0.454 e. The molecule has 0 fully saturated rings. The molecule has 0 atom stereocenters. The fourth-order valence-corrected chi connectivity index (χ4v) is 6.63. The smallest absolute Gasteiger partial charge is 0.250 e. The van der Waals surface area contributed by atoms with Crippen molar-refractivity contribution in [2.45, 2.75) is 0 Å². The van der Waals surface area contributed by atoms with Crippen LogP contribution in [0.25, 0.3) is 0 Å². The van der Waals surface area contributed by atoms with Crippen LogP contribution in [-0.2, 0) is 0 Å². The molecular weight excluding hydrogens is 518 g/mol. The Kier molecular flexibility index (Phi) is 5.05. The molecule has 0 saturated carbocycles. The maximum atomic E-state index is 6.82. The van der Waals surface area contributed by atoms with Crippen LogP contribution >= 0.6 is 0 Å². The average molecular weight is 540 g/mol. The minimum atomic E-state index is -0.119. The van der Waals surface area contributed by atoms with Gasteiger partial charge in [-0.2, -0.15) is 0 Å². The van der Waals surface area contributed by atoms with Crippen LogP contribution in [0.1, 0.15) is 0 Å². The number of benzene rings is 6. The van der Waals surface area contributed by atoms with E-state index in [2.05, 4.69) is 84.9 Å². The van der Waals surface area contributed by atoms with Crippen molar-refractivity contribution in [1.29, 1.82) is 0 Å². The lowest BCUT2D eigenvalue weighted by Gasteiger charge is -2.37. The maximum absolute atomic E-state index is 6.82. The highest BCUT2D eigenvalue weighted by Gasteiger charge is 2.47. The lowest BCUT2D eigenvalue weighted by Crippen LogP contribution is -2.67. The van der Waals surface area contributed by atoms with Crippen LogP contribution in [0.15, 0.2) is 133 Å². The molecule has 0 radical (unpaired) electrons. The second-order valence-electron chi connectivity index (χ2n) is 10.8. The van der Waals surface area contributed by atoms with Gasteiger partial charge in [0.2, 0.25) is 11.5 Å². The van der Waals surface area contributed by atoms with E-state index in [1.807, 2.05) is 48.5 Å². The number of hydrogen-bond acceptors (Lipinski definition) is 4. The Hall–Kier alpha value is -5.35. The summed E-state index contributed by atoms with van der Waals surface area (Å²) in [4.78, 5) is 0. The Morgan fingerprint density at radius 2 is 0.643 bits per heavy atom. The standard InChI is InChI=1S/C36H22B2O4/c1-3-13-23(14-4-1)37-25-17-7-9-19-27(25)39-33-31(37)32-34(36-35(33)41-29-21-11-12-22-30(29)42-36)40-28-20-10-8-18-26(28)38(32)24-15-5-2-6-16-24/h1-22H. The molecule has 3 aliphatic rings. The van der Waals surface area contributed by atoms with Gasteiger partial charge < -0.3 is 18.9 Å². The Labute approximate surface area is 244 Å². The molecule has 9 rings (SSSR count). The number of fused-ring (bicyclic) bond motifs is 9. The molecule has 196 valence electrons. The first-order chi connectivity index (χ1) is 20.8. The average Bonchev–Trinajstić information content (AvgIpc) is 3.06. The van der Waals surface area contributed by atoms with Gasteiger partial charge in [-0.3, -0.25) is 0 Å². The van der Waals surface area contributed by atoms with Crippen LogP contribution in [0.5, 0.6) is 46.0 Å². The summed E-state index contributed by atoms with van der Waals surface area (Å²) in [7, 11) is 0. The van der Waals surface area contributed by atoms with Crippen molar-refractivity contribution < 1.29 is 18.9 Å². The molecule has 4 nitrogen and oxygen atoms in total. The van der Waals surface area contributed by atoms with E-state index in [1.165, 1.54) is 10.9 Å². The molecule has 6 aromatic carbocycles. The van der Waals surface area contributed by atoms with Crippen molar-refractivity contribution in [3.05, 3.63) is 133 Å². The van der Waals surface area contributed by atoms with Crippen LogP contribution in [0.3, 0.4) is 0 Å². The summed E-state index contributed by atoms with van der Waals surface area (Å²) in [6.45, 7) is -0.239. The van der Waals surface area contributed by atoms with Crippen LogP contribution in [0.2, 0.25) is 0 Å². The van der Waals surface area contributed by atoms with Gasteiger partial charge in [0, 0.05) is 0 Å². The fourth-order valence-electron chi connectivity index (χ4n) is 6.63. The fraction of sp³-hybridized carbons (Fsp3) is 0. The highest BCUT2D eigenvalue weighted by atomic mass is 16.6. The predicted molar refractivity (Wildman–Crippen MR) is 168 cm³/mol. The van der Waals surface area contributed by atoms with Crippen molar-refractivity contribution in [1.82, 2.24) is 0 Å². The van der Waals surface area contributed by atoms with Crippen LogP contribution in [-0.4, -0.2) is 13.4 Å². The van der Waals surface area contributed by atoms with Gasteiger partial charge in [0.1, 0.15) is 11.5 Å². The summed E-state index contributed by atoms with van der Waals surface area (Å²) in [5, 5.41) is 0. The normalized spacial score (nSPS) is 13.4. The number of para-hydroxylation sites is 4. The van der Waals surface area contributed by atoms with Crippen LogP contribution in [0.4, 0.5) is 0 Å². The van der Waals surface area contributed by atoms with Gasteiger partial charge >= 0.3 is 0 Å². The topological polar surface area (TPSA) is 36.9 Å². The molecule has 0 bridgehead atoms. The molecule has 0 aliphatic carbocycles. The third-order valence-electron chi connectivity index (χ3n) is 8.40. The molecule has 0 aromatic heterocycles. The molecule has 0 spiro atoms. The third kappa shape index (κ3) is 3.39. The van der Waals surface area contributed by atoms with Crippen molar-refractivity contribution in [3.8, 4) is 46.0 Å². The quantitative estimate of drug-likeness (QED) is 0.295. The summed E-state index contributed by atoms with van der Waals surface area (Å²) in [5.74, 6) is 5.27. The highest BCUT2D eigenvalue weighted by molar-refractivity contribution is 7.05. The van der Waals surface area contributed by atoms with Crippen molar-refractivity contribution in [2.75, 3.05) is 0 Å². The van der Waals surface area contributed by atoms with E-state index in [1.54, 1.807) is 0 Å². The predicted octanol–water partition coefficient (Wildman–Crippen LogP) is 4.83. The second-order valence-corrected chi connectivity index (χ2v) is 10.8. The van der Waals surface area contributed by atoms with Gasteiger partial charge in [0.15, 0.2) is 23.0 Å². The molecule has 3 heterocycles. The highest BCUT2D eigenvalue weighted by Crippen LogP contribution is 2.55. The minimum Gasteiger partial charge on any atom is -0.454 e. The van der Waals surface area contributed by atoms with Crippen LogP contribution in [0, 0.1) is 0 Å². The molecule has 0 unspecified atom stereocenters. The molecule has 6 heteroatoms. The van der Waals surface area contributed by atoms with Crippen molar-refractivity contribution >= 4 is 46.2 Å². The third-order valence-corrected chi connectivity index (χ3v) is 8.40. The van der Waals surface area contributed by atoms with E-state index >= 15 is 0 Å². The number of ether oxygens (including phenoxy) is 4. The lowest BCUT2D eigenvalue weighted by atomic mass is 9.27. The molecular formula is C36H22B2O4. The minimum absolute atomic E-state index is 0.119. The van der Waals surface area contributed by atoms with Crippen LogP contribution < -0.4 is 51.7 Å². The molecule has 3 aliphatic heterocycles. The van der Waals surface area contributed by atoms with Gasteiger partial charge in [-0.25, -0.2) is 0 Å². The van der Waals surface area contributed by atoms with E-state index in [0.717, 1.165) is 33.4 Å². The Morgan fingerprint density at radius 3 is 1.07 bits per heavy atom. The zero-order valence-electron chi connectivity index (χ0n) is 22.5. The summed E-state index contributed by atoms with van der Waals surface area (Å²) in [6, 6.07) is 45.5. The summed E-state index contributed by atoms with van der Waals surface area (Å²) < 4.78 is 26.9. The van der Waals surface area contributed by atoms with E-state index in [9.17, 15) is 0 Å². The molecule has 0 amide bonds. The lowest BCUT2D eigenvalue weighted by molar-refractivity contribution is 0.327. The van der Waals surface area contributed by atoms with Gasteiger partial charge in [-0.1, -0.05) is 120 Å². The van der Waals surface area contributed by atoms with Gasteiger partial charge in [-0.05, 0) is 46.1 Å². The maximum Gasteiger partial charge on any atom is 0.250 e. The van der Waals surface area contributed by atoms with Crippen molar-refractivity contribution in [2.24, 2.45) is 0 Å². The van der Waals surface area contributed by atoms with Gasteiger partial charge in [0.05, 0.1) is 0 Å². The van der Waals surface area contributed by atoms with E-state index in [0.29, 0.717) is 34.5 Å². The number of hydrogen-bond donors (Lipinski definition) is 0. The Morgan fingerprint density at radius 1 is 0.310 bits per heavy atom. The SMILES string of the molecule is c1ccc(B2c3ccccc3Oc3c4c(c5c(c32)B(c2ccccc2)c2ccccc2O5)Oc2ccccc2O4)cc1. The zero-order chi connectivity index (χ0) is 27.6. The first-order valence-corrected chi connectivity index (χ1v) is 14.2. The first-order valence-electron chi connectivity index (χ1n) is 14.2. The molecule has 6 aromatic rings. The zero-order valence-corrected chi connectivity index (χ0v) is 22.5. The van der Waals surface area contributed by atoms with Gasteiger partial charge in [0.25, 0.3) is 13.4 Å². The monoisotopic (exact) mass is 540 g/mol. The van der Waals surface area contributed by atoms with E-state index in [4.69, 9.17) is 18.9 Å². The molecule has 0 N–H and O–H groups in total. The summed E-state index contributed by atoms with van der Waals surface area (Å²) in [6.07, 6.45) is 0. The second kappa shape index (κ2) is 9.08. The molecule has 42 heavy (non-hydrogen) atoms. The summed E-state index contributed by atoms with van der Waals surface area (Å²) in [5.41, 5.74) is 6.58. The van der Waals surface area contributed by atoms with Crippen molar-refractivity contribution in [3.63, 3.8) is 0 Å². The van der Waals surface area contributed by atoms with E-state index < -0.39 is 0 Å². The number of rotatable bonds is 2. The Balaban J connectivity index is 1.42. The van der Waals surface area contributed by atoms with Gasteiger partial charge in [-0.15, -0.1) is 0 Å². The Bertz CT molecular complexity index is 1860. The van der Waals surface area contributed by atoms with E-state index in [-0.39, 0.29) is 13.4 Å². The molecule has 0 saturated heterocycles. The first kappa shape index (κ1) is 23.4.